The number of carbonyl (C=O) groups is 1. The Labute approximate surface area is 170 Å². The van der Waals surface area contributed by atoms with Crippen molar-refractivity contribution in [2.75, 3.05) is 0 Å². The van der Waals surface area contributed by atoms with Crippen LogP contribution in [0.3, 0.4) is 0 Å². The molecule has 0 bridgehead atoms. The monoisotopic (exact) mass is 392 g/mol. The van der Waals surface area contributed by atoms with Gasteiger partial charge in [-0.2, -0.15) is 5.10 Å². The Kier molecular flexibility index (Phi) is 6.05. The van der Waals surface area contributed by atoms with Crippen LogP contribution in [0.1, 0.15) is 32.0 Å². The number of nitrogens with zero attached hydrogens (tertiary/aromatic N) is 2. The van der Waals surface area contributed by atoms with Crippen LogP contribution in [0, 0.1) is 6.92 Å². The summed E-state index contributed by atoms with van der Waals surface area (Å²) in [6.07, 6.45) is 3.19. The van der Waals surface area contributed by atoms with Gasteiger partial charge in [0.25, 0.3) is 0 Å². The van der Waals surface area contributed by atoms with Gasteiger partial charge in [0, 0.05) is 11.0 Å². The van der Waals surface area contributed by atoms with Gasteiger partial charge >= 0.3 is 5.97 Å². The number of benzene rings is 2. The summed E-state index contributed by atoms with van der Waals surface area (Å²) >= 11 is 1.55. The zero-order chi connectivity index (χ0) is 20.1. The molecule has 0 spiro atoms. The minimum atomic E-state index is -0.427. The Morgan fingerprint density at radius 3 is 2.25 bits per heavy atom. The maximum absolute atomic E-state index is 12.5. The van der Waals surface area contributed by atoms with E-state index in [1.165, 1.54) is 6.08 Å². The van der Waals surface area contributed by atoms with Crippen molar-refractivity contribution in [2.45, 2.75) is 43.0 Å². The largest absolute Gasteiger partial charge is 0.403 e. The van der Waals surface area contributed by atoms with Crippen molar-refractivity contribution in [1.82, 2.24) is 9.78 Å². The van der Waals surface area contributed by atoms with Gasteiger partial charge in [-0.25, -0.2) is 9.48 Å². The van der Waals surface area contributed by atoms with Crippen LogP contribution >= 0.6 is 11.8 Å². The molecule has 0 saturated carbocycles. The zero-order valence-electron chi connectivity index (χ0n) is 16.5. The van der Waals surface area contributed by atoms with Crippen molar-refractivity contribution in [3.63, 3.8) is 0 Å². The molecule has 0 unspecified atom stereocenters. The first-order chi connectivity index (χ1) is 13.3. The molecular formula is C23H24N2O2S. The molecule has 0 aliphatic heterocycles. The van der Waals surface area contributed by atoms with Gasteiger partial charge in [-0.05, 0) is 51.5 Å². The van der Waals surface area contributed by atoms with Crippen LogP contribution in [0.15, 0.2) is 76.5 Å². The van der Waals surface area contributed by atoms with Crippen LogP contribution in [-0.4, -0.2) is 15.7 Å². The molecule has 0 fully saturated rings. The Hall–Kier alpha value is -2.79. The summed E-state index contributed by atoms with van der Waals surface area (Å²) in [6, 6.07) is 19.7. The van der Waals surface area contributed by atoms with E-state index >= 15 is 0 Å². The highest BCUT2D eigenvalue weighted by Crippen LogP contribution is 2.39. The second-order valence-electron chi connectivity index (χ2n) is 7.38. The van der Waals surface area contributed by atoms with E-state index in [2.05, 4.69) is 5.10 Å². The maximum Gasteiger partial charge on any atom is 0.337 e. The van der Waals surface area contributed by atoms with Gasteiger partial charge in [-0.3, -0.25) is 0 Å². The molecule has 0 atom stereocenters. The molecular weight excluding hydrogens is 368 g/mol. The van der Waals surface area contributed by atoms with Gasteiger partial charge in [-0.1, -0.05) is 60.3 Å². The van der Waals surface area contributed by atoms with E-state index in [-0.39, 0.29) is 5.54 Å². The summed E-state index contributed by atoms with van der Waals surface area (Å²) in [6.45, 7) is 8.04. The second-order valence-corrected chi connectivity index (χ2v) is 8.47. The average molecular weight is 393 g/mol. The normalized spacial score (nSPS) is 11.7. The summed E-state index contributed by atoms with van der Waals surface area (Å²) in [5, 5.41) is 4.64. The van der Waals surface area contributed by atoms with Crippen LogP contribution in [0.4, 0.5) is 0 Å². The third-order valence-electron chi connectivity index (χ3n) is 3.97. The van der Waals surface area contributed by atoms with Gasteiger partial charge in [-0.15, -0.1) is 0 Å². The van der Waals surface area contributed by atoms with E-state index in [1.54, 1.807) is 22.5 Å². The minimum absolute atomic E-state index is 0.320. The van der Waals surface area contributed by atoms with Crippen molar-refractivity contribution in [3.05, 3.63) is 78.0 Å². The molecule has 28 heavy (non-hydrogen) atoms. The maximum atomic E-state index is 12.5. The van der Waals surface area contributed by atoms with E-state index in [9.17, 15) is 4.79 Å². The Bertz CT molecular complexity index is 971. The number of hydrogen-bond donors (Lipinski definition) is 0. The fourth-order valence-electron chi connectivity index (χ4n) is 2.62. The highest BCUT2D eigenvalue weighted by atomic mass is 32.2. The van der Waals surface area contributed by atoms with Crippen LogP contribution in [0.5, 0.6) is 5.88 Å². The molecule has 2 aromatic carbocycles. The van der Waals surface area contributed by atoms with Gasteiger partial charge in [0.15, 0.2) is 0 Å². The first kappa shape index (κ1) is 20.0. The van der Waals surface area contributed by atoms with Gasteiger partial charge < -0.3 is 4.74 Å². The summed E-state index contributed by atoms with van der Waals surface area (Å²) in [7, 11) is 0. The van der Waals surface area contributed by atoms with Crippen molar-refractivity contribution in [1.29, 1.82) is 0 Å². The molecule has 0 amide bonds. The standard InChI is InChI=1S/C23H24N2O2S/c1-17-21(28-19-13-9-6-10-14-19)22(25(24-17)23(2,3)4)27-20(26)16-15-18-11-7-5-8-12-18/h5-16H,1-4H3. The first-order valence-electron chi connectivity index (χ1n) is 9.12. The predicted octanol–water partition coefficient (Wildman–Crippen LogP) is 5.72. The van der Waals surface area contributed by atoms with Crippen LogP contribution in [-0.2, 0) is 10.3 Å². The van der Waals surface area contributed by atoms with Crippen molar-refractivity contribution < 1.29 is 9.53 Å². The number of hydrogen-bond acceptors (Lipinski definition) is 4. The van der Waals surface area contributed by atoms with Crippen molar-refractivity contribution >= 4 is 23.8 Å². The topological polar surface area (TPSA) is 44.1 Å². The molecule has 0 saturated heterocycles. The van der Waals surface area contributed by atoms with E-state index < -0.39 is 5.97 Å². The summed E-state index contributed by atoms with van der Waals surface area (Å²) in [5.41, 5.74) is 1.46. The lowest BCUT2D eigenvalue weighted by molar-refractivity contribution is -0.129. The molecule has 144 valence electrons. The van der Waals surface area contributed by atoms with Gasteiger partial charge in [0.1, 0.15) is 0 Å². The number of aromatic nitrogens is 2. The number of carbonyl (C=O) groups excluding carboxylic acids is 1. The molecule has 1 heterocycles. The van der Waals surface area contributed by atoms with E-state index in [0.717, 1.165) is 21.0 Å². The lowest BCUT2D eigenvalue weighted by atomic mass is 10.1. The quantitative estimate of drug-likeness (QED) is 0.412. The Balaban J connectivity index is 1.91. The van der Waals surface area contributed by atoms with E-state index in [1.807, 2.05) is 88.4 Å². The second kappa shape index (κ2) is 8.48. The Morgan fingerprint density at radius 2 is 1.64 bits per heavy atom. The first-order valence-corrected chi connectivity index (χ1v) is 9.94. The molecule has 3 aromatic rings. The van der Waals surface area contributed by atoms with Crippen molar-refractivity contribution in [2.24, 2.45) is 0 Å². The summed E-state index contributed by atoms with van der Waals surface area (Å²) < 4.78 is 7.55. The molecule has 0 aliphatic rings. The molecule has 1 aromatic heterocycles. The SMILES string of the molecule is Cc1nn(C(C)(C)C)c(OC(=O)C=Cc2ccccc2)c1Sc1ccccc1. The Morgan fingerprint density at radius 1 is 1.04 bits per heavy atom. The highest BCUT2D eigenvalue weighted by molar-refractivity contribution is 7.99. The molecule has 3 rings (SSSR count). The average Bonchev–Trinajstić information content (AvgIpc) is 2.98. The number of ether oxygens (including phenoxy) is 1. The van der Waals surface area contributed by atoms with Crippen LogP contribution in [0.2, 0.25) is 0 Å². The van der Waals surface area contributed by atoms with E-state index in [4.69, 9.17) is 4.74 Å². The van der Waals surface area contributed by atoms with Crippen LogP contribution < -0.4 is 4.74 Å². The number of rotatable bonds is 5. The third kappa shape index (κ3) is 4.93. The molecule has 5 heteroatoms. The molecule has 4 nitrogen and oxygen atoms in total. The predicted molar refractivity (Wildman–Crippen MR) is 114 cm³/mol. The number of aryl methyl sites for hydroxylation is 1. The minimum Gasteiger partial charge on any atom is -0.403 e. The van der Waals surface area contributed by atoms with Gasteiger partial charge in [0.05, 0.1) is 16.1 Å². The fourth-order valence-corrected chi connectivity index (χ4v) is 3.55. The fraction of sp³-hybridized carbons (Fsp3) is 0.217. The highest BCUT2D eigenvalue weighted by Gasteiger charge is 2.26. The smallest absolute Gasteiger partial charge is 0.337 e. The summed E-state index contributed by atoms with van der Waals surface area (Å²) in [4.78, 5) is 14.4. The van der Waals surface area contributed by atoms with E-state index in [0.29, 0.717) is 5.88 Å². The molecule has 0 N–H and O–H groups in total. The third-order valence-corrected chi connectivity index (χ3v) is 5.15. The number of esters is 1. The molecule has 0 aliphatic carbocycles. The lowest BCUT2D eigenvalue weighted by Crippen LogP contribution is -2.25. The zero-order valence-corrected chi connectivity index (χ0v) is 17.4. The lowest BCUT2D eigenvalue weighted by Gasteiger charge is -2.21. The summed E-state index contributed by atoms with van der Waals surface area (Å²) in [5.74, 6) is 0.0470. The van der Waals surface area contributed by atoms with Crippen LogP contribution in [0.25, 0.3) is 6.08 Å². The van der Waals surface area contributed by atoms with Crippen molar-refractivity contribution in [3.8, 4) is 5.88 Å². The molecule has 0 radical (unpaired) electrons. The van der Waals surface area contributed by atoms with Gasteiger partial charge in [0.2, 0.25) is 5.88 Å².